The Kier molecular flexibility index (Phi) is 7.43. The molecule has 1 aromatic carbocycles. The SMILES string of the molecule is CC1(C)C(OS(=O)(=O)C(F)(F)F)=CCC2(C)[C@H]3CCC4[C@H]5CCCC5(C(=O)OCc5ccccc5)CC[C@@]4(C)C3(C)CC[C@@H]12. The van der Waals surface area contributed by atoms with Gasteiger partial charge in [0.2, 0.25) is 0 Å². The molecule has 0 saturated heterocycles. The molecule has 1 aromatic rings. The minimum absolute atomic E-state index is 0.00974. The number of esters is 1. The van der Waals surface area contributed by atoms with E-state index in [0.29, 0.717) is 30.8 Å². The molecule has 6 rings (SSSR count). The fourth-order valence-corrected chi connectivity index (χ4v) is 12.3. The number of hydrogen-bond donors (Lipinski definition) is 0. The summed E-state index contributed by atoms with van der Waals surface area (Å²) in [5.74, 6) is 0.900. The summed E-state index contributed by atoms with van der Waals surface area (Å²) >= 11 is 0. The minimum Gasteiger partial charge on any atom is -0.460 e. The third-order valence-corrected chi connectivity index (χ3v) is 14.9. The molecule has 0 spiro atoms. The standard InChI is InChI=1S/C35H47F3O5S/c1-30(2)26-15-19-33(5)27(31(26,3)18-16-28(30)43-44(40,41)35(36,37)38)14-13-24-25-12-9-17-34(25,21-20-32(24,33)4)29(39)42-22-23-10-7-6-8-11-23/h6-8,10-11,16,24-27H,9,12-15,17-22H2,1-5H3/t24?,25-,26+,27-,31?,32-,33?,34?/m1/s1. The number of allylic oxidation sites excluding steroid dienone is 2. The predicted molar refractivity (Wildman–Crippen MR) is 161 cm³/mol. The minimum atomic E-state index is -5.73. The highest BCUT2D eigenvalue weighted by Crippen LogP contribution is 2.76. The van der Waals surface area contributed by atoms with Crippen LogP contribution >= 0.6 is 0 Å². The third kappa shape index (κ3) is 4.44. The highest BCUT2D eigenvalue weighted by atomic mass is 32.2. The summed E-state index contributed by atoms with van der Waals surface area (Å²) in [5, 5.41) is 0. The highest BCUT2D eigenvalue weighted by Gasteiger charge is 2.71. The van der Waals surface area contributed by atoms with Crippen LogP contribution in [0.3, 0.4) is 0 Å². The maximum absolute atomic E-state index is 13.9. The van der Waals surface area contributed by atoms with Crippen molar-refractivity contribution >= 4 is 16.1 Å². The van der Waals surface area contributed by atoms with Gasteiger partial charge in [0.05, 0.1) is 5.41 Å². The summed E-state index contributed by atoms with van der Waals surface area (Å²) in [5.41, 5.74) is -5.95. The molecule has 0 N–H and O–H groups in total. The summed E-state index contributed by atoms with van der Waals surface area (Å²) in [7, 11) is -5.73. The van der Waals surface area contributed by atoms with Crippen molar-refractivity contribution in [2.75, 3.05) is 0 Å². The summed E-state index contributed by atoms with van der Waals surface area (Å²) < 4.78 is 74.5. The van der Waals surface area contributed by atoms with Crippen LogP contribution in [0.2, 0.25) is 0 Å². The van der Waals surface area contributed by atoms with E-state index in [9.17, 15) is 26.4 Å². The zero-order valence-corrected chi connectivity index (χ0v) is 27.5. The molecule has 244 valence electrons. The Morgan fingerprint density at radius 2 is 1.57 bits per heavy atom. The third-order valence-electron chi connectivity index (χ3n) is 14.0. The Bertz CT molecular complexity index is 1440. The quantitative estimate of drug-likeness (QED) is 0.183. The first-order valence-corrected chi connectivity index (χ1v) is 17.8. The van der Waals surface area contributed by atoms with Crippen LogP contribution < -0.4 is 0 Å². The largest absolute Gasteiger partial charge is 0.534 e. The van der Waals surface area contributed by atoms with Crippen LogP contribution in [0, 0.1) is 50.7 Å². The van der Waals surface area contributed by atoms with Gasteiger partial charge in [0, 0.05) is 5.41 Å². The van der Waals surface area contributed by atoms with E-state index < -0.39 is 26.5 Å². The molecule has 0 amide bonds. The molecule has 5 aliphatic carbocycles. The van der Waals surface area contributed by atoms with Crippen molar-refractivity contribution in [2.45, 2.75) is 111 Å². The number of fused-ring (bicyclic) bond motifs is 7. The lowest BCUT2D eigenvalue weighted by atomic mass is 9.33. The van der Waals surface area contributed by atoms with Gasteiger partial charge in [0.25, 0.3) is 0 Å². The molecule has 9 heteroatoms. The van der Waals surface area contributed by atoms with Crippen molar-refractivity contribution in [1.29, 1.82) is 0 Å². The summed E-state index contributed by atoms with van der Waals surface area (Å²) in [6.07, 6.45) is 10.6. The molecule has 4 unspecified atom stereocenters. The fraction of sp³-hybridized carbons (Fsp3) is 0.743. The Morgan fingerprint density at radius 3 is 2.25 bits per heavy atom. The topological polar surface area (TPSA) is 69.7 Å². The first kappa shape index (κ1) is 31.9. The number of carbonyl (C=O) groups excluding carboxylic acids is 1. The first-order chi connectivity index (χ1) is 20.4. The number of hydrogen-bond acceptors (Lipinski definition) is 5. The zero-order valence-electron chi connectivity index (χ0n) is 26.6. The molecular formula is C35H47F3O5S. The second-order valence-electron chi connectivity index (χ2n) is 15.9. The molecule has 44 heavy (non-hydrogen) atoms. The van der Waals surface area contributed by atoms with Gasteiger partial charge in [0.1, 0.15) is 12.4 Å². The van der Waals surface area contributed by atoms with Crippen LogP contribution in [0.5, 0.6) is 0 Å². The molecule has 5 nitrogen and oxygen atoms in total. The molecule has 4 saturated carbocycles. The van der Waals surface area contributed by atoms with Crippen LogP contribution in [0.4, 0.5) is 13.2 Å². The summed E-state index contributed by atoms with van der Waals surface area (Å²) in [4.78, 5) is 13.9. The van der Waals surface area contributed by atoms with E-state index >= 15 is 0 Å². The van der Waals surface area contributed by atoms with E-state index in [1.54, 1.807) is 6.08 Å². The van der Waals surface area contributed by atoms with Crippen molar-refractivity contribution in [2.24, 2.45) is 50.7 Å². The van der Waals surface area contributed by atoms with E-state index in [0.717, 1.165) is 63.4 Å². The lowest BCUT2D eigenvalue weighted by Gasteiger charge is -2.71. The Labute approximate surface area is 260 Å². The smallest absolute Gasteiger partial charge is 0.460 e. The van der Waals surface area contributed by atoms with Crippen molar-refractivity contribution in [3.63, 3.8) is 0 Å². The van der Waals surface area contributed by atoms with Gasteiger partial charge in [-0.15, -0.1) is 0 Å². The maximum atomic E-state index is 13.9. The van der Waals surface area contributed by atoms with Crippen molar-refractivity contribution < 1.29 is 35.3 Å². The Hall–Kier alpha value is -2.03. The molecule has 0 aromatic heterocycles. The van der Waals surface area contributed by atoms with Crippen molar-refractivity contribution in [3.05, 3.63) is 47.7 Å². The molecular weight excluding hydrogens is 589 g/mol. The number of rotatable bonds is 5. The summed E-state index contributed by atoms with van der Waals surface area (Å²) in [6, 6.07) is 9.85. The van der Waals surface area contributed by atoms with E-state index in [-0.39, 0.29) is 33.9 Å². The molecule has 5 aliphatic rings. The van der Waals surface area contributed by atoms with Gasteiger partial charge in [-0.05, 0) is 109 Å². The van der Waals surface area contributed by atoms with E-state index in [1.165, 1.54) is 0 Å². The van der Waals surface area contributed by atoms with Gasteiger partial charge in [-0.1, -0.05) is 71.4 Å². The highest BCUT2D eigenvalue weighted by molar-refractivity contribution is 7.87. The van der Waals surface area contributed by atoms with Gasteiger partial charge in [0.15, 0.2) is 0 Å². The maximum Gasteiger partial charge on any atom is 0.534 e. The number of alkyl halides is 3. The zero-order chi connectivity index (χ0) is 32.0. The number of benzene rings is 1. The van der Waals surface area contributed by atoms with Crippen molar-refractivity contribution in [3.8, 4) is 0 Å². The second kappa shape index (κ2) is 10.2. The molecule has 0 bridgehead atoms. The first-order valence-electron chi connectivity index (χ1n) is 16.3. The normalized spacial score (nSPS) is 41.3. The van der Waals surface area contributed by atoms with E-state index in [4.69, 9.17) is 8.92 Å². The monoisotopic (exact) mass is 636 g/mol. The van der Waals surface area contributed by atoms with Gasteiger partial charge in [-0.3, -0.25) is 4.79 Å². The average molecular weight is 637 g/mol. The van der Waals surface area contributed by atoms with Crippen LogP contribution in [-0.2, 0) is 30.4 Å². The van der Waals surface area contributed by atoms with E-state index in [1.807, 2.05) is 44.2 Å². The van der Waals surface area contributed by atoms with E-state index in [2.05, 4.69) is 20.8 Å². The number of halogens is 3. The van der Waals surface area contributed by atoms with Gasteiger partial charge in [-0.25, -0.2) is 0 Å². The average Bonchev–Trinajstić information content (AvgIpc) is 3.39. The van der Waals surface area contributed by atoms with Crippen LogP contribution in [-0.4, -0.2) is 19.9 Å². The molecule has 8 atom stereocenters. The van der Waals surface area contributed by atoms with Gasteiger partial charge >= 0.3 is 21.6 Å². The van der Waals surface area contributed by atoms with Gasteiger partial charge in [-0.2, -0.15) is 21.6 Å². The lowest BCUT2D eigenvalue weighted by molar-refractivity contribution is -0.229. The second-order valence-corrected chi connectivity index (χ2v) is 17.4. The number of ether oxygens (including phenoxy) is 1. The van der Waals surface area contributed by atoms with Crippen molar-refractivity contribution in [1.82, 2.24) is 0 Å². The van der Waals surface area contributed by atoms with Gasteiger partial charge < -0.3 is 8.92 Å². The van der Waals surface area contributed by atoms with Crippen LogP contribution in [0.15, 0.2) is 42.2 Å². The van der Waals surface area contributed by atoms with Crippen LogP contribution in [0.1, 0.15) is 104 Å². The van der Waals surface area contributed by atoms with Crippen LogP contribution in [0.25, 0.3) is 0 Å². The Morgan fingerprint density at radius 1 is 0.864 bits per heavy atom. The number of carbonyl (C=O) groups is 1. The molecule has 4 fully saturated rings. The fourth-order valence-electron chi connectivity index (χ4n) is 11.7. The molecule has 0 heterocycles. The summed E-state index contributed by atoms with van der Waals surface area (Å²) in [6.45, 7) is 11.2. The molecule has 0 aliphatic heterocycles. The lowest BCUT2D eigenvalue weighted by Crippen LogP contribution is -2.65. The molecule has 0 radical (unpaired) electrons. The Balaban J connectivity index is 1.27. The predicted octanol–water partition coefficient (Wildman–Crippen LogP) is 8.95.